The quantitative estimate of drug-likeness (QED) is 0.725. The molecule has 0 atom stereocenters. The van der Waals surface area contributed by atoms with E-state index in [-0.39, 0.29) is 0 Å². The highest BCUT2D eigenvalue weighted by Crippen LogP contribution is 2.26. The summed E-state index contributed by atoms with van der Waals surface area (Å²) in [5, 5.41) is 8.94. The van der Waals surface area contributed by atoms with E-state index in [4.69, 9.17) is 5.11 Å². The Bertz CT molecular complexity index is 381. The summed E-state index contributed by atoms with van der Waals surface area (Å²) in [6, 6.07) is 3.56. The van der Waals surface area contributed by atoms with E-state index in [0.29, 0.717) is 12.2 Å². The zero-order chi connectivity index (χ0) is 10.1. The van der Waals surface area contributed by atoms with Crippen LogP contribution in [0.5, 0.6) is 0 Å². The van der Waals surface area contributed by atoms with Crippen LogP contribution >= 0.6 is 15.9 Å². The third-order valence-corrected chi connectivity index (χ3v) is 2.67. The van der Waals surface area contributed by atoms with Crippen LogP contribution in [-0.2, 0) is 6.42 Å². The van der Waals surface area contributed by atoms with Crippen LogP contribution in [0.3, 0.4) is 0 Å². The lowest BCUT2D eigenvalue weighted by Crippen LogP contribution is -2.34. The molecule has 1 aliphatic rings. The fourth-order valence-electron chi connectivity index (χ4n) is 1.62. The topological polar surface area (TPSA) is 53.4 Å². The van der Waals surface area contributed by atoms with Crippen molar-refractivity contribution in [1.82, 2.24) is 4.98 Å². The van der Waals surface area contributed by atoms with Gasteiger partial charge in [-0.05, 0) is 40.9 Å². The van der Waals surface area contributed by atoms with Crippen molar-refractivity contribution in [3.8, 4) is 0 Å². The molecule has 5 heteroatoms. The molecule has 1 aromatic rings. The number of aromatic nitrogens is 1. The number of carboxylic acid groups (broad SMARTS) is 1. The van der Waals surface area contributed by atoms with Crippen molar-refractivity contribution in [2.45, 2.75) is 12.8 Å². The maximum atomic E-state index is 10.9. The number of fused-ring (bicyclic) bond motifs is 1. The van der Waals surface area contributed by atoms with Gasteiger partial charge in [0.05, 0.1) is 11.4 Å². The molecule has 1 aliphatic heterocycles. The first-order chi connectivity index (χ1) is 6.68. The molecule has 0 unspecified atom stereocenters. The lowest BCUT2D eigenvalue weighted by molar-refractivity contribution is 0.201. The van der Waals surface area contributed by atoms with E-state index in [1.54, 1.807) is 12.1 Å². The predicted octanol–water partition coefficient (Wildman–Crippen LogP) is 2.27. The van der Waals surface area contributed by atoms with Crippen molar-refractivity contribution < 1.29 is 9.90 Å². The van der Waals surface area contributed by atoms with Crippen LogP contribution < -0.4 is 4.90 Å². The molecular formula is C9H9BrN2O2. The number of hydrogen-bond acceptors (Lipinski definition) is 2. The highest BCUT2D eigenvalue weighted by Gasteiger charge is 2.22. The third kappa shape index (κ3) is 1.59. The minimum Gasteiger partial charge on any atom is -0.465 e. The number of anilines is 1. The number of pyridine rings is 1. The summed E-state index contributed by atoms with van der Waals surface area (Å²) in [6.07, 6.45) is 0.775. The van der Waals surface area contributed by atoms with E-state index in [1.807, 2.05) is 0 Å². The highest BCUT2D eigenvalue weighted by molar-refractivity contribution is 9.10. The number of halogens is 1. The van der Waals surface area contributed by atoms with Crippen molar-refractivity contribution in [2.75, 3.05) is 11.4 Å². The zero-order valence-electron chi connectivity index (χ0n) is 7.40. The molecule has 0 radical (unpaired) electrons. The fraction of sp³-hybridized carbons (Fsp3) is 0.333. The molecule has 0 aromatic carbocycles. The minimum atomic E-state index is -0.907. The summed E-state index contributed by atoms with van der Waals surface area (Å²) in [5.74, 6) is 0. The average molecular weight is 257 g/mol. The molecule has 1 N–H and O–H groups in total. The normalized spacial score (nSPS) is 15.1. The van der Waals surface area contributed by atoms with E-state index in [9.17, 15) is 4.79 Å². The van der Waals surface area contributed by atoms with Crippen molar-refractivity contribution in [2.24, 2.45) is 0 Å². The van der Waals surface area contributed by atoms with Gasteiger partial charge >= 0.3 is 6.09 Å². The first kappa shape index (κ1) is 9.45. The Morgan fingerprint density at radius 3 is 3.07 bits per heavy atom. The standard InChI is InChI=1S/C9H9BrN2O2/c10-8-4-3-7-6(11-8)2-1-5-12(7)9(13)14/h3-4H,1-2,5H2,(H,13,14). The van der Waals surface area contributed by atoms with E-state index in [0.717, 1.165) is 23.1 Å². The molecular weight excluding hydrogens is 248 g/mol. The van der Waals surface area contributed by atoms with Crippen molar-refractivity contribution in [1.29, 1.82) is 0 Å². The number of amides is 1. The number of nitrogens with zero attached hydrogens (tertiary/aromatic N) is 2. The third-order valence-electron chi connectivity index (χ3n) is 2.23. The van der Waals surface area contributed by atoms with Gasteiger partial charge in [0.25, 0.3) is 0 Å². The summed E-state index contributed by atoms with van der Waals surface area (Å²) in [4.78, 5) is 16.5. The molecule has 0 bridgehead atoms. The van der Waals surface area contributed by atoms with Gasteiger partial charge in [-0.15, -0.1) is 0 Å². The number of rotatable bonds is 0. The van der Waals surface area contributed by atoms with Crippen LogP contribution in [0.1, 0.15) is 12.1 Å². The van der Waals surface area contributed by atoms with Crippen LogP contribution in [-0.4, -0.2) is 22.7 Å². The largest absolute Gasteiger partial charge is 0.465 e. The second kappa shape index (κ2) is 3.57. The SMILES string of the molecule is O=C(O)N1CCCc2nc(Br)ccc21. The molecule has 1 aromatic heterocycles. The van der Waals surface area contributed by atoms with E-state index in [1.165, 1.54) is 4.90 Å². The maximum absolute atomic E-state index is 10.9. The molecule has 4 nitrogen and oxygen atoms in total. The lowest BCUT2D eigenvalue weighted by Gasteiger charge is -2.25. The lowest BCUT2D eigenvalue weighted by atomic mass is 10.1. The molecule has 0 saturated heterocycles. The highest BCUT2D eigenvalue weighted by atomic mass is 79.9. The van der Waals surface area contributed by atoms with E-state index >= 15 is 0 Å². The van der Waals surface area contributed by atoms with Crippen LogP contribution in [0.2, 0.25) is 0 Å². The fourth-order valence-corrected chi connectivity index (χ4v) is 1.97. The van der Waals surface area contributed by atoms with Gasteiger partial charge in [0.2, 0.25) is 0 Å². The van der Waals surface area contributed by atoms with Gasteiger partial charge in [0.1, 0.15) is 4.60 Å². The summed E-state index contributed by atoms with van der Waals surface area (Å²) >= 11 is 3.27. The molecule has 0 fully saturated rings. The Kier molecular flexibility index (Phi) is 2.41. The first-order valence-corrected chi connectivity index (χ1v) is 5.13. The summed E-state index contributed by atoms with van der Waals surface area (Å²) < 4.78 is 0.753. The Morgan fingerprint density at radius 1 is 1.57 bits per heavy atom. The van der Waals surface area contributed by atoms with Gasteiger partial charge in [-0.3, -0.25) is 4.90 Å². The maximum Gasteiger partial charge on any atom is 0.411 e. The monoisotopic (exact) mass is 256 g/mol. The number of aryl methyl sites for hydroxylation is 1. The second-order valence-corrected chi connectivity index (χ2v) is 3.95. The average Bonchev–Trinajstić information content (AvgIpc) is 2.16. The number of hydrogen-bond donors (Lipinski definition) is 1. The van der Waals surface area contributed by atoms with Gasteiger partial charge in [-0.1, -0.05) is 0 Å². The van der Waals surface area contributed by atoms with Crippen LogP contribution in [0.15, 0.2) is 16.7 Å². The van der Waals surface area contributed by atoms with Crippen LogP contribution in [0.4, 0.5) is 10.5 Å². The Hall–Kier alpha value is -1.10. The molecule has 0 aliphatic carbocycles. The van der Waals surface area contributed by atoms with Crippen molar-refractivity contribution >= 4 is 27.7 Å². The predicted molar refractivity (Wildman–Crippen MR) is 55.6 cm³/mol. The molecule has 2 rings (SSSR count). The zero-order valence-corrected chi connectivity index (χ0v) is 8.99. The van der Waals surface area contributed by atoms with Gasteiger partial charge in [-0.25, -0.2) is 9.78 Å². The van der Waals surface area contributed by atoms with E-state index < -0.39 is 6.09 Å². The Balaban J connectivity index is 2.44. The molecule has 1 amide bonds. The summed E-state index contributed by atoms with van der Waals surface area (Å²) in [5.41, 5.74) is 1.57. The second-order valence-electron chi connectivity index (χ2n) is 3.14. The van der Waals surface area contributed by atoms with Crippen molar-refractivity contribution in [3.63, 3.8) is 0 Å². The molecule has 0 spiro atoms. The van der Waals surface area contributed by atoms with Crippen LogP contribution in [0.25, 0.3) is 0 Å². The van der Waals surface area contributed by atoms with E-state index in [2.05, 4.69) is 20.9 Å². The van der Waals surface area contributed by atoms with Crippen LogP contribution in [0, 0.1) is 0 Å². The Labute approximate surface area is 89.7 Å². The minimum absolute atomic E-state index is 0.561. The molecule has 0 saturated carbocycles. The van der Waals surface area contributed by atoms with Gasteiger partial charge in [-0.2, -0.15) is 0 Å². The summed E-state index contributed by atoms with van der Waals surface area (Å²) in [6.45, 7) is 0.561. The van der Waals surface area contributed by atoms with Crippen molar-refractivity contribution in [3.05, 3.63) is 22.4 Å². The number of carbonyl (C=O) groups is 1. The Morgan fingerprint density at radius 2 is 2.36 bits per heavy atom. The molecule has 74 valence electrons. The van der Waals surface area contributed by atoms with Gasteiger partial charge in [0.15, 0.2) is 0 Å². The first-order valence-electron chi connectivity index (χ1n) is 4.34. The summed E-state index contributed by atoms with van der Waals surface area (Å²) in [7, 11) is 0. The molecule has 14 heavy (non-hydrogen) atoms. The molecule has 2 heterocycles. The van der Waals surface area contributed by atoms with Gasteiger partial charge in [0, 0.05) is 6.54 Å². The smallest absolute Gasteiger partial charge is 0.411 e. The van der Waals surface area contributed by atoms with Gasteiger partial charge < -0.3 is 5.11 Å².